The van der Waals surface area contributed by atoms with E-state index in [0.717, 1.165) is 30.6 Å². The number of ether oxygens (including phenoxy) is 1. The number of hydrogen-bond donors (Lipinski definition) is 0. The molecule has 4 nitrogen and oxygen atoms in total. The molecule has 0 aliphatic heterocycles. The van der Waals surface area contributed by atoms with Crippen molar-refractivity contribution in [1.29, 1.82) is 0 Å². The molecule has 0 spiro atoms. The SMILES string of the molecule is COC(=O)C12CC(c3ccn(-c4ccccc4)n3)(C1)C2. The summed E-state index contributed by atoms with van der Waals surface area (Å²) in [5.74, 6) is -0.0538. The minimum Gasteiger partial charge on any atom is -0.469 e. The van der Waals surface area contributed by atoms with E-state index in [-0.39, 0.29) is 16.8 Å². The average Bonchev–Trinajstić information content (AvgIpc) is 2.86. The quantitative estimate of drug-likeness (QED) is 0.803. The van der Waals surface area contributed by atoms with Crippen LogP contribution in [0.2, 0.25) is 0 Å². The summed E-state index contributed by atoms with van der Waals surface area (Å²) in [4.78, 5) is 11.7. The second-order valence-electron chi connectivity index (χ2n) is 6.06. The monoisotopic (exact) mass is 268 g/mol. The maximum absolute atomic E-state index is 11.7. The van der Waals surface area contributed by atoms with Crippen molar-refractivity contribution in [3.8, 4) is 5.69 Å². The van der Waals surface area contributed by atoms with Gasteiger partial charge in [-0.15, -0.1) is 0 Å². The summed E-state index contributed by atoms with van der Waals surface area (Å²) in [5, 5.41) is 4.69. The van der Waals surface area contributed by atoms with Crippen LogP contribution in [0.15, 0.2) is 42.6 Å². The van der Waals surface area contributed by atoms with Crippen molar-refractivity contribution in [2.24, 2.45) is 5.41 Å². The fourth-order valence-electron chi connectivity index (χ4n) is 3.82. The number of carbonyl (C=O) groups excluding carboxylic acids is 1. The molecule has 0 unspecified atom stereocenters. The van der Waals surface area contributed by atoms with Crippen LogP contribution in [0.1, 0.15) is 25.0 Å². The van der Waals surface area contributed by atoms with E-state index in [4.69, 9.17) is 9.84 Å². The molecule has 4 heteroatoms. The van der Waals surface area contributed by atoms with Gasteiger partial charge in [-0.3, -0.25) is 4.79 Å². The maximum atomic E-state index is 11.7. The number of methoxy groups -OCH3 is 1. The van der Waals surface area contributed by atoms with Gasteiger partial charge in [-0.25, -0.2) is 4.68 Å². The van der Waals surface area contributed by atoms with E-state index >= 15 is 0 Å². The Morgan fingerprint density at radius 3 is 2.55 bits per heavy atom. The van der Waals surface area contributed by atoms with Gasteiger partial charge in [0.15, 0.2) is 0 Å². The highest BCUT2D eigenvalue weighted by molar-refractivity contribution is 5.82. The molecule has 102 valence electrons. The molecule has 0 radical (unpaired) electrons. The van der Waals surface area contributed by atoms with E-state index in [2.05, 4.69) is 6.07 Å². The molecule has 1 aromatic heterocycles. The Labute approximate surface area is 117 Å². The highest BCUT2D eigenvalue weighted by Crippen LogP contribution is 2.73. The Morgan fingerprint density at radius 2 is 1.90 bits per heavy atom. The predicted molar refractivity (Wildman–Crippen MR) is 73.5 cm³/mol. The van der Waals surface area contributed by atoms with Crippen LogP contribution in [0.3, 0.4) is 0 Å². The van der Waals surface area contributed by atoms with Crippen molar-refractivity contribution >= 4 is 5.97 Å². The Balaban J connectivity index is 1.56. The van der Waals surface area contributed by atoms with Crippen LogP contribution in [-0.4, -0.2) is 22.9 Å². The summed E-state index contributed by atoms with van der Waals surface area (Å²) in [6.07, 6.45) is 4.66. The van der Waals surface area contributed by atoms with Gasteiger partial charge in [0.05, 0.1) is 23.9 Å². The molecule has 3 aliphatic carbocycles. The standard InChI is InChI=1S/C16H16N2O2/c1-20-14(19)16-9-15(10-16,11-16)13-7-8-18(17-13)12-5-3-2-4-6-12/h2-8H,9-11H2,1H3. The van der Waals surface area contributed by atoms with Crippen LogP contribution in [-0.2, 0) is 14.9 Å². The van der Waals surface area contributed by atoms with Gasteiger partial charge in [-0.1, -0.05) is 18.2 Å². The van der Waals surface area contributed by atoms with Crippen molar-refractivity contribution in [3.05, 3.63) is 48.3 Å². The number of benzene rings is 1. The summed E-state index contributed by atoms with van der Waals surface area (Å²) in [6, 6.07) is 12.2. The lowest BCUT2D eigenvalue weighted by Crippen LogP contribution is -2.68. The first-order valence-corrected chi connectivity index (χ1v) is 6.88. The van der Waals surface area contributed by atoms with Gasteiger partial charge in [-0.2, -0.15) is 5.10 Å². The number of para-hydroxylation sites is 1. The third kappa shape index (κ3) is 1.36. The third-order valence-corrected chi connectivity index (χ3v) is 4.80. The lowest BCUT2D eigenvalue weighted by atomic mass is 9.34. The van der Waals surface area contributed by atoms with Crippen LogP contribution >= 0.6 is 0 Å². The van der Waals surface area contributed by atoms with Crippen molar-refractivity contribution < 1.29 is 9.53 Å². The summed E-state index contributed by atoms with van der Waals surface area (Å²) in [6.45, 7) is 0. The van der Waals surface area contributed by atoms with Crippen LogP contribution in [0.4, 0.5) is 0 Å². The molecule has 1 heterocycles. The molecule has 3 saturated carbocycles. The molecule has 20 heavy (non-hydrogen) atoms. The molecule has 2 aromatic rings. The average molecular weight is 268 g/mol. The van der Waals surface area contributed by atoms with Crippen molar-refractivity contribution in [2.45, 2.75) is 24.7 Å². The topological polar surface area (TPSA) is 44.1 Å². The van der Waals surface area contributed by atoms with E-state index in [1.807, 2.05) is 41.2 Å². The molecule has 0 N–H and O–H groups in total. The third-order valence-electron chi connectivity index (χ3n) is 4.80. The van der Waals surface area contributed by atoms with E-state index in [1.54, 1.807) is 0 Å². The zero-order valence-electron chi connectivity index (χ0n) is 11.4. The molecule has 3 aliphatic rings. The van der Waals surface area contributed by atoms with Crippen LogP contribution in [0.5, 0.6) is 0 Å². The van der Waals surface area contributed by atoms with Gasteiger partial charge in [0.25, 0.3) is 0 Å². The molecule has 0 saturated heterocycles. The highest BCUT2D eigenvalue weighted by Gasteiger charge is 2.73. The largest absolute Gasteiger partial charge is 0.469 e. The van der Waals surface area contributed by atoms with Crippen LogP contribution < -0.4 is 0 Å². The fourth-order valence-corrected chi connectivity index (χ4v) is 3.82. The van der Waals surface area contributed by atoms with Gasteiger partial charge in [0.1, 0.15) is 0 Å². The van der Waals surface area contributed by atoms with E-state index in [1.165, 1.54) is 7.11 Å². The van der Waals surface area contributed by atoms with Gasteiger partial charge < -0.3 is 4.74 Å². The van der Waals surface area contributed by atoms with E-state index in [0.29, 0.717) is 0 Å². The second kappa shape index (κ2) is 3.72. The molecular weight excluding hydrogens is 252 g/mol. The van der Waals surface area contributed by atoms with E-state index in [9.17, 15) is 4.79 Å². The van der Waals surface area contributed by atoms with Crippen molar-refractivity contribution in [2.75, 3.05) is 7.11 Å². The van der Waals surface area contributed by atoms with Crippen LogP contribution in [0, 0.1) is 5.41 Å². The number of nitrogens with zero attached hydrogens (tertiary/aromatic N) is 2. The second-order valence-corrected chi connectivity index (χ2v) is 6.06. The smallest absolute Gasteiger partial charge is 0.311 e. The van der Waals surface area contributed by atoms with Gasteiger partial charge in [0, 0.05) is 11.6 Å². The lowest BCUT2D eigenvalue weighted by molar-refractivity contribution is -0.198. The lowest BCUT2D eigenvalue weighted by Gasteiger charge is -2.67. The highest BCUT2D eigenvalue weighted by atomic mass is 16.5. The molecule has 5 rings (SSSR count). The normalized spacial score (nSPS) is 30.2. The van der Waals surface area contributed by atoms with Crippen molar-refractivity contribution in [1.82, 2.24) is 9.78 Å². The zero-order chi connectivity index (χ0) is 13.8. The first-order valence-electron chi connectivity index (χ1n) is 6.88. The van der Waals surface area contributed by atoms with Gasteiger partial charge in [0.2, 0.25) is 0 Å². The maximum Gasteiger partial charge on any atom is 0.311 e. The Kier molecular flexibility index (Phi) is 2.18. The first kappa shape index (κ1) is 11.7. The molecule has 0 amide bonds. The minimum absolute atomic E-state index is 0.0538. The molecule has 3 fully saturated rings. The number of esters is 1. The van der Waals surface area contributed by atoms with Crippen molar-refractivity contribution in [3.63, 3.8) is 0 Å². The predicted octanol–water partition coefficient (Wildman–Crippen LogP) is 2.47. The number of rotatable bonds is 3. The van der Waals surface area contributed by atoms with Gasteiger partial charge >= 0.3 is 5.97 Å². The zero-order valence-corrected chi connectivity index (χ0v) is 11.4. The number of hydrogen-bond acceptors (Lipinski definition) is 3. The Bertz CT molecular complexity index is 655. The molecule has 1 aromatic carbocycles. The number of aromatic nitrogens is 2. The van der Waals surface area contributed by atoms with Gasteiger partial charge in [-0.05, 0) is 37.5 Å². The summed E-state index contributed by atoms with van der Waals surface area (Å²) < 4.78 is 6.79. The number of carbonyl (C=O) groups is 1. The molecule has 2 bridgehead atoms. The fraction of sp³-hybridized carbons (Fsp3) is 0.375. The summed E-state index contributed by atoms with van der Waals surface area (Å²) in [5.41, 5.74) is 2.08. The summed E-state index contributed by atoms with van der Waals surface area (Å²) in [7, 11) is 1.47. The molecule has 0 atom stereocenters. The Hall–Kier alpha value is -2.10. The first-order chi connectivity index (χ1) is 9.67. The minimum atomic E-state index is -0.203. The summed E-state index contributed by atoms with van der Waals surface area (Å²) >= 11 is 0. The van der Waals surface area contributed by atoms with Crippen LogP contribution in [0.25, 0.3) is 5.69 Å². The Morgan fingerprint density at radius 1 is 1.20 bits per heavy atom. The molecular formula is C16H16N2O2. The van der Waals surface area contributed by atoms with E-state index < -0.39 is 0 Å².